The summed E-state index contributed by atoms with van der Waals surface area (Å²) in [7, 11) is 0. The standard InChI is InChI=1S/C14H29NO3/c1-3-12(15)6-4-8-14(18)11(2)10-13(17)7-5-9-16/h5,7,11-14,16-18H,3-4,6,8-10,15H2,1-2H3/b7-5+/t11?,12-,13+,14?/m0/s1. The van der Waals surface area contributed by atoms with Gasteiger partial charge in [0, 0.05) is 6.04 Å². The Balaban J connectivity index is 3.81. The van der Waals surface area contributed by atoms with Crippen LogP contribution in [0.4, 0.5) is 0 Å². The molecule has 4 nitrogen and oxygen atoms in total. The average Bonchev–Trinajstić information content (AvgIpc) is 2.35. The van der Waals surface area contributed by atoms with Gasteiger partial charge in [-0.25, -0.2) is 0 Å². The highest BCUT2D eigenvalue weighted by Gasteiger charge is 2.16. The number of hydrogen-bond donors (Lipinski definition) is 4. The summed E-state index contributed by atoms with van der Waals surface area (Å²) < 4.78 is 0. The second-order valence-electron chi connectivity index (χ2n) is 5.06. The highest BCUT2D eigenvalue weighted by Crippen LogP contribution is 2.17. The summed E-state index contributed by atoms with van der Waals surface area (Å²) in [5.74, 6) is 0.0428. The van der Waals surface area contributed by atoms with Crippen LogP contribution >= 0.6 is 0 Å². The second-order valence-corrected chi connectivity index (χ2v) is 5.06. The quantitative estimate of drug-likeness (QED) is 0.444. The van der Waals surface area contributed by atoms with Gasteiger partial charge >= 0.3 is 0 Å². The lowest BCUT2D eigenvalue weighted by atomic mass is 9.93. The fourth-order valence-corrected chi connectivity index (χ4v) is 1.91. The molecule has 0 saturated carbocycles. The van der Waals surface area contributed by atoms with Crippen molar-refractivity contribution in [2.75, 3.05) is 6.61 Å². The van der Waals surface area contributed by atoms with E-state index in [0.717, 1.165) is 25.7 Å². The molecule has 0 aliphatic heterocycles. The largest absolute Gasteiger partial charge is 0.393 e. The van der Waals surface area contributed by atoms with E-state index in [2.05, 4.69) is 6.92 Å². The Labute approximate surface area is 111 Å². The maximum atomic E-state index is 9.95. The monoisotopic (exact) mass is 259 g/mol. The van der Waals surface area contributed by atoms with Crippen molar-refractivity contribution in [3.63, 3.8) is 0 Å². The molecule has 0 aromatic carbocycles. The van der Waals surface area contributed by atoms with Gasteiger partial charge in [0.2, 0.25) is 0 Å². The summed E-state index contributed by atoms with van der Waals surface area (Å²) in [5.41, 5.74) is 5.82. The lowest BCUT2D eigenvalue weighted by Crippen LogP contribution is -2.23. The molecule has 18 heavy (non-hydrogen) atoms. The zero-order valence-electron chi connectivity index (χ0n) is 11.6. The summed E-state index contributed by atoms with van der Waals surface area (Å²) in [5, 5.41) is 28.2. The molecule has 0 aromatic rings. The number of rotatable bonds is 10. The van der Waals surface area contributed by atoms with Crippen LogP contribution in [0.1, 0.15) is 46.0 Å². The van der Waals surface area contributed by atoms with Gasteiger partial charge in [-0.2, -0.15) is 0 Å². The molecule has 0 amide bonds. The van der Waals surface area contributed by atoms with Crippen LogP contribution in [0.15, 0.2) is 12.2 Å². The van der Waals surface area contributed by atoms with Crippen LogP contribution in [0.3, 0.4) is 0 Å². The molecule has 4 heteroatoms. The third-order valence-corrected chi connectivity index (χ3v) is 3.33. The first-order chi connectivity index (χ1) is 8.51. The van der Waals surface area contributed by atoms with Crippen LogP contribution in [0, 0.1) is 5.92 Å². The molecule has 0 aromatic heterocycles. The van der Waals surface area contributed by atoms with E-state index in [0.29, 0.717) is 6.42 Å². The molecule has 5 N–H and O–H groups in total. The van der Waals surface area contributed by atoms with Crippen molar-refractivity contribution in [3.05, 3.63) is 12.2 Å². The van der Waals surface area contributed by atoms with Crippen molar-refractivity contribution in [1.82, 2.24) is 0 Å². The third kappa shape index (κ3) is 8.64. The van der Waals surface area contributed by atoms with Gasteiger partial charge in [-0.05, 0) is 38.0 Å². The maximum absolute atomic E-state index is 9.95. The SMILES string of the molecule is CC[C@H](N)CCCC(O)C(C)C[C@H](O)/C=C/CO. The predicted octanol–water partition coefficient (Wildman–Crippen LogP) is 1.19. The van der Waals surface area contributed by atoms with E-state index in [4.69, 9.17) is 10.8 Å². The van der Waals surface area contributed by atoms with E-state index in [-0.39, 0.29) is 18.6 Å². The van der Waals surface area contributed by atoms with Gasteiger partial charge < -0.3 is 21.1 Å². The Kier molecular flexibility index (Phi) is 10.3. The predicted molar refractivity (Wildman–Crippen MR) is 74.1 cm³/mol. The number of nitrogens with two attached hydrogens (primary N) is 1. The molecule has 0 fully saturated rings. The van der Waals surface area contributed by atoms with E-state index in [1.54, 1.807) is 6.08 Å². The van der Waals surface area contributed by atoms with Crippen LogP contribution in [0.5, 0.6) is 0 Å². The van der Waals surface area contributed by atoms with Gasteiger partial charge in [-0.3, -0.25) is 0 Å². The van der Waals surface area contributed by atoms with Crippen molar-refractivity contribution in [1.29, 1.82) is 0 Å². The maximum Gasteiger partial charge on any atom is 0.0725 e. The zero-order chi connectivity index (χ0) is 14.0. The fourth-order valence-electron chi connectivity index (χ4n) is 1.91. The molecular formula is C14H29NO3. The summed E-state index contributed by atoms with van der Waals surface area (Å²) in [6.45, 7) is 3.93. The van der Waals surface area contributed by atoms with Crippen LogP contribution < -0.4 is 5.73 Å². The molecule has 108 valence electrons. The molecule has 0 heterocycles. The molecule has 0 rings (SSSR count). The van der Waals surface area contributed by atoms with Gasteiger partial charge in [0.25, 0.3) is 0 Å². The molecular weight excluding hydrogens is 230 g/mol. The second kappa shape index (κ2) is 10.5. The Morgan fingerprint density at radius 1 is 1.22 bits per heavy atom. The lowest BCUT2D eigenvalue weighted by Gasteiger charge is -2.21. The minimum atomic E-state index is -0.598. The average molecular weight is 259 g/mol. The van der Waals surface area contributed by atoms with E-state index in [1.807, 2.05) is 6.92 Å². The Morgan fingerprint density at radius 2 is 1.89 bits per heavy atom. The van der Waals surface area contributed by atoms with Crippen molar-refractivity contribution in [3.8, 4) is 0 Å². The summed E-state index contributed by atoms with van der Waals surface area (Å²) in [6, 6.07) is 0.227. The number of aliphatic hydroxyl groups is 3. The Bertz CT molecular complexity index is 221. The minimum absolute atomic E-state index is 0.0428. The first-order valence-corrected chi connectivity index (χ1v) is 6.90. The molecule has 0 bridgehead atoms. The zero-order valence-corrected chi connectivity index (χ0v) is 11.6. The smallest absolute Gasteiger partial charge is 0.0725 e. The van der Waals surface area contributed by atoms with Crippen molar-refractivity contribution in [2.24, 2.45) is 11.7 Å². The van der Waals surface area contributed by atoms with Gasteiger partial charge in [0.05, 0.1) is 18.8 Å². The third-order valence-electron chi connectivity index (χ3n) is 3.33. The Hall–Kier alpha value is -0.420. The van der Waals surface area contributed by atoms with E-state index >= 15 is 0 Å². The molecule has 0 radical (unpaired) electrons. The number of aliphatic hydroxyl groups excluding tert-OH is 3. The van der Waals surface area contributed by atoms with E-state index in [1.165, 1.54) is 6.08 Å². The summed E-state index contributed by atoms with van der Waals surface area (Å²) in [4.78, 5) is 0. The molecule has 4 atom stereocenters. The van der Waals surface area contributed by atoms with Gasteiger partial charge in [-0.1, -0.05) is 26.0 Å². The molecule has 0 spiro atoms. The number of hydrogen-bond acceptors (Lipinski definition) is 4. The lowest BCUT2D eigenvalue weighted by molar-refractivity contribution is 0.0747. The van der Waals surface area contributed by atoms with Gasteiger partial charge in [-0.15, -0.1) is 0 Å². The highest BCUT2D eigenvalue weighted by molar-refractivity contribution is 4.89. The van der Waals surface area contributed by atoms with Crippen LogP contribution in [0.2, 0.25) is 0 Å². The Morgan fingerprint density at radius 3 is 2.44 bits per heavy atom. The minimum Gasteiger partial charge on any atom is -0.393 e. The van der Waals surface area contributed by atoms with E-state index < -0.39 is 12.2 Å². The molecule has 0 saturated heterocycles. The normalized spacial score (nSPS) is 18.8. The van der Waals surface area contributed by atoms with Gasteiger partial charge in [0.1, 0.15) is 0 Å². The summed E-state index contributed by atoms with van der Waals surface area (Å²) in [6.07, 6.45) is 6.15. The van der Waals surface area contributed by atoms with Crippen LogP contribution in [0.25, 0.3) is 0 Å². The van der Waals surface area contributed by atoms with E-state index in [9.17, 15) is 10.2 Å². The van der Waals surface area contributed by atoms with Crippen LogP contribution in [-0.4, -0.2) is 40.2 Å². The first kappa shape index (κ1) is 17.6. The molecule has 0 aliphatic rings. The fraction of sp³-hybridized carbons (Fsp3) is 0.857. The molecule has 2 unspecified atom stereocenters. The highest BCUT2D eigenvalue weighted by atomic mass is 16.3. The topological polar surface area (TPSA) is 86.7 Å². The molecule has 0 aliphatic carbocycles. The summed E-state index contributed by atoms with van der Waals surface area (Å²) >= 11 is 0. The van der Waals surface area contributed by atoms with Crippen molar-refractivity contribution in [2.45, 2.75) is 64.2 Å². The van der Waals surface area contributed by atoms with Crippen LogP contribution in [-0.2, 0) is 0 Å². The van der Waals surface area contributed by atoms with Crippen molar-refractivity contribution < 1.29 is 15.3 Å². The first-order valence-electron chi connectivity index (χ1n) is 6.90. The van der Waals surface area contributed by atoms with Gasteiger partial charge in [0.15, 0.2) is 0 Å². The van der Waals surface area contributed by atoms with Crippen molar-refractivity contribution >= 4 is 0 Å².